The molecule has 0 amide bonds. The molecule has 6 heteroatoms. The van der Waals surface area contributed by atoms with Crippen molar-refractivity contribution in [2.45, 2.75) is 4.90 Å². The first kappa shape index (κ1) is 17.1. The smallest absolute Gasteiger partial charge is 0.336 e. The summed E-state index contributed by atoms with van der Waals surface area (Å²) in [7, 11) is 3.04. The first-order chi connectivity index (χ1) is 12.1. The summed E-state index contributed by atoms with van der Waals surface area (Å²) in [5, 5.41) is 10.1. The summed E-state index contributed by atoms with van der Waals surface area (Å²) in [6.45, 7) is 0. The first-order valence-corrected chi connectivity index (χ1v) is 8.74. The van der Waals surface area contributed by atoms with E-state index in [0.29, 0.717) is 28.1 Å². The Hall–Kier alpha value is -2.73. The van der Waals surface area contributed by atoms with Crippen molar-refractivity contribution in [3.63, 3.8) is 0 Å². The maximum absolute atomic E-state index is 11.8. The summed E-state index contributed by atoms with van der Waals surface area (Å²) < 4.78 is 10.6. The molecule has 0 radical (unpaired) electrons. The van der Waals surface area contributed by atoms with E-state index in [4.69, 9.17) is 9.47 Å². The van der Waals surface area contributed by atoms with Gasteiger partial charge in [0.05, 0.1) is 36.4 Å². The summed E-state index contributed by atoms with van der Waals surface area (Å²) in [6, 6.07) is 12.8. The second kappa shape index (κ2) is 7.03. The first-order valence-electron chi connectivity index (χ1n) is 7.52. The lowest BCUT2D eigenvalue weighted by molar-refractivity contribution is 0.0698. The fourth-order valence-corrected chi connectivity index (χ4v) is 3.07. The Balaban J connectivity index is 2.28. The van der Waals surface area contributed by atoms with Gasteiger partial charge in [0, 0.05) is 22.6 Å². The van der Waals surface area contributed by atoms with Crippen molar-refractivity contribution in [3.05, 3.63) is 48.0 Å². The number of carbonyl (C=O) groups is 1. The van der Waals surface area contributed by atoms with Crippen molar-refractivity contribution in [1.29, 1.82) is 0 Å². The number of aromatic nitrogens is 1. The van der Waals surface area contributed by atoms with Gasteiger partial charge in [-0.1, -0.05) is 12.1 Å². The summed E-state index contributed by atoms with van der Waals surface area (Å²) in [6.07, 6.45) is 2.00. The summed E-state index contributed by atoms with van der Waals surface area (Å²) >= 11 is 1.65. The van der Waals surface area contributed by atoms with E-state index in [0.717, 1.165) is 10.5 Å². The number of fused-ring (bicyclic) bond motifs is 1. The van der Waals surface area contributed by atoms with Gasteiger partial charge in [-0.25, -0.2) is 9.78 Å². The SMILES string of the molecule is COc1cc(OC)c2c(C(=O)O)cc(-c3ccc(SC)cc3)nc2c1. The highest BCUT2D eigenvalue weighted by molar-refractivity contribution is 7.98. The average Bonchev–Trinajstić information content (AvgIpc) is 2.65. The maximum Gasteiger partial charge on any atom is 0.336 e. The Labute approximate surface area is 149 Å². The van der Waals surface area contributed by atoms with Crippen LogP contribution in [0.3, 0.4) is 0 Å². The third-order valence-electron chi connectivity index (χ3n) is 3.92. The fourth-order valence-electron chi connectivity index (χ4n) is 2.66. The van der Waals surface area contributed by atoms with Crippen LogP contribution in [0.15, 0.2) is 47.4 Å². The molecule has 1 aromatic heterocycles. The van der Waals surface area contributed by atoms with Crippen molar-refractivity contribution in [3.8, 4) is 22.8 Å². The normalized spacial score (nSPS) is 10.7. The van der Waals surface area contributed by atoms with Crippen LogP contribution in [-0.2, 0) is 0 Å². The molecule has 0 saturated heterocycles. The molecule has 25 heavy (non-hydrogen) atoms. The molecule has 0 spiro atoms. The van der Waals surface area contributed by atoms with Gasteiger partial charge in [-0.05, 0) is 24.5 Å². The molecule has 5 nitrogen and oxygen atoms in total. The number of ether oxygens (including phenoxy) is 2. The molecule has 0 fully saturated rings. The minimum atomic E-state index is -1.03. The topological polar surface area (TPSA) is 68.7 Å². The Bertz CT molecular complexity index is 938. The number of rotatable bonds is 5. The van der Waals surface area contributed by atoms with Crippen LogP contribution in [0.2, 0.25) is 0 Å². The number of methoxy groups -OCH3 is 2. The minimum Gasteiger partial charge on any atom is -0.497 e. The Morgan fingerprint density at radius 2 is 1.80 bits per heavy atom. The van der Waals surface area contributed by atoms with Gasteiger partial charge in [-0.15, -0.1) is 11.8 Å². The number of carboxylic acids is 1. The monoisotopic (exact) mass is 355 g/mol. The lowest BCUT2D eigenvalue weighted by Gasteiger charge is -2.12. The Morgan fingerprint density at radius 3 is 2.36 bits per heavy atom. The standard InChI is InChI=1S/C19H17NO4S/c1-23-12-8-16-18(17(9-12)24-2)14(19(21)22)10-15(20-16)11-4-6-13(25-3)7-5-11/h4-10H,1-3H3,(H,21,22). The molecular weight excluding hydrogens is 338 g/mol. The number of carboxylic acid groups (broad SMARTS) is 1. The number of nitrogens with zero attached hydrogens (tertiary/aromatic N) is 1. The highest BCUT2D eigenvalue weighted by atomic mass is 32.2. The second-order valence-corrected chi connectivity index (χ2v) is 6.19. The zero-order valence-corrected chi connectivity index (χ0v) is 14.9. The number of benzene rings is 2. The molecule has 0 aliphatic carbocycles. The number of thioether (sulfide) groups is 1. The number of aromatic carboxylic acids is 1. The molecule has 0 bridgehead atoms. The van der Waals surface area contributed by atoms with Gasteiger partial charge in [0.2, 0.25) is 0 Å². The zero-order chi connectivity index (χ0) is 18.0. The van der Waals surface area contributed by atoms with E-state index in [-0.39, 0.29) is 5.56 Å². The van der Waals surface area contributed by atoms with E-state index < -0.39 is 5.97 Å². The molecule has 0 aliphatic rings. The lowest BCUT2D eigenvalue weighted by atomic mass is 10.0. The van der Waals surface area contributed by atoms with E-state index in [9.17, 15) is 9.90 Å². The summed E-state index contributed by atoms with van der Waals surface area (Å²) in [4.78, 5) is 17.6. The van der Waals surface area contributed by atoms with Crippen LogP contribution >= 0.6 is 11.8 Å². The van der Waals surface area contributed by atoms with Gasteiger partial charge >= 0.3 is 5.97 Å². The van der Waals surface area contributed by atoms with Crippen molar-refractivity contribution in [2.75, 3.05) is 20.5 Å². The Morgan fingerprint density at radius 1 is 1.08 bits per heavy atom. The Kier molecular flexibility index (Phi) is 4.81. The van der Waals surface area contributed by atoms with Gasteiger partial charge in [0.15, 0.2) is 0 Å². The number of hydrogen-bond acceptors (Lipinski definition) is 5. The minimum absolute atomic E-state index is 0.147. The molecule has 128 valence electrons. The second-order valence-electron chi connectivity index (χ2n) is 5.31. The molecule has 0 atom stereocenters. The molecule has 0 unspecified atom stereocenters. The van der Waals surface area contributed by atoms with Crippen molar-refractivity contribution >= 4 is 28.6 Å². The molecule has 3 aromatic rings. The number of hydrogen-bond donors (Lipinski definition) is 1. The van der Waals surface area contributed by atoms with Crippen LogP contribution in [-0.4, -0.2) is 36.5 Å². The third-order valence-corrected chi connectivity index (χ3v) is 4.66. The highest BCUT2D eigenvalue weighted by Gasteiger charge is 2.18. The van der Waals surface area contributed by atoms with E-state index in [2.05, 4.69) is 4.98 Å². The van der Waals surface area contributed by atoms with Gasteiger partial charge in [0.25, 0.3) is 0 Å². The lowest BCUT2D eigenvalue weighted by Crippen LogP contribution is -2.02. The maximum atomic E-state index is 11.8. The van der Waals surface area contributed by atoms with Crippen LogP contribution in [0.4, 0.5) is 0 Å². The number of pyridine rings is 1. The fraction of sp³-hybridized carbons (Fsp3) is 0.158. The van der Waals surface area contributed by atoms with E-state index in [1.807, 2.05) is 30.5 Å². The van der Waals surface area contributed by atoms with Gasteiger partial charge in [0.1, 0.15) is 11.5 Å². The van der Waals surface area contributed by atoms with Crippen molar-refractivity contribution in [1.82, 2.24) is 4.98 Å². The summed E-state index contributed by atoms with van der Waals surface area (Å²) in [5.41, 5.74) is 2.10. The zero-order valence-electron chi connectivity index (χ0n) is 14.1. The van der Waals surface area contributed by atoms with Crippen LogP contribution in [0.5, 0.6) is 11.5 Å². The van der Waals surface area contributed by atoms with Crippen LogP contribution in [0.1, 0.15) is 10.4 Å². The molecule has 3 rings (SSSR count). The molecule has 0 aliphatic heterocycles. The average molecular weight is 355 g/mol. The largest absolute Gasteiger partial charge is 0.497 e. The van der Waals surface area contributed by atoms with E-state index in [1.165, 1.54) is 7.11 Å². The van der Waals surface area contributed by atoms with E-state index >= 15 is 0 Å². The van der Waals surface area contributed by atoms with Crippen LogP contribution in [0, 0.1) is 0 Å². The van der Waals surface area contributed by atoms with Gasteiger partial charge in [-0.2, -0.15) is 0 Å². The molecular formula is C19H17NO4S. The van der Waals surface area contributed by atoms with Crippen molar-refractivity contribution < 1.29 is 19.4 Å². The molecule has 0 saturated carbocycles. The van der Waals surface area contributed by atoms with E-state index in [1.54, 1.807) is 37.1 Å². The predicted molar refractivity (Wildman–Crippen MR) is 99.0 cm³/mol. The van der Waals surface area contributed by atoms with Crippen molar-refractivity contribution in [2.24, 2.45) is 0 Å². The highest BCUT2D eigenvalue weighted by Crippen LogP contribution is 2.35. The predicted octanol–water partition coefficient (Wildman–Crippen LogP) is 4.34. The molecule has 1 N–H and O–H groups in total. The van der Waals surface area contributed by atoms with Gasteiger partial charge < -0.3 is 14.6 Å². The van der Waals surface area contributed by atoms with Gasteiger partial charge in [-0.3, -0.25) is 0 Å². The molecule has 1 heterocycles. The molecule has 2 aromatic carbocycles. The third kappa shape index (κ3) is 3.25. The van der Waals surface area contributed by atoms with Crippen LogP contribution < -0.4 is 9.47 Å². The quantitative estimate of drug-likeness (QED) is 0.687. The van der Waals surface area contributed by atoms with Crippen LogP contribution in [0.25, 0.3) is 22.2 Å². The summed E-state index contributed by atoms with van der Waals surface area (Å²) in [5.74, 6) is -0.0514.